The predicted octanol–water partition coefficient (Wildman–Crippen LogP) is 2.45. The first-order valence-corrected chi connectivity index (χ1v) is 6.38. The van der Waals surface area contributed by atoms with Crippen LogP contribution >= 0.6 is 0 Å². The van der Waals surface area contributed by atoms with Crippen LogP contribution in [-0.4, -0.2) is 27.9 Å². The molecule has 1 rings (SSSR count). The van der Waals surface area contributed by atoms with Gasteiger partial charge in [-0.15, -0.1) is 0 Å². The second-order valence-electron chi connectivity index (χ2n) is 5.16. The molecule has 0 fully saturated rings. The summed E-state index contributed by atoms with van der Waals surface area (Å²) in [5, 5.41) is 9.29. The van der Waals surface area contributed by atoms with Crippen LogP contribution in [0.2, 0.25) is 0 Å². The molecule has 0 aliphatic rings. The summed E-state index contributed by atoms with van der Waals surface area (Å²) in [6.45, 7) is 7.34. The summed E-state index contributed by atoms with van der Waals surface area (Å²) in [5.41, 5.74) is 2.07. The van der Waals surface area contributed by atoms with E-state index in [2.05, 4.69) is 0 Å². The Morgan fingerprint density at radius 1 is 1.21 bits per heavy atom. The third-order valence-electron chi connectivity index (χ3n) is 3.10. The molecule has 104 valence electrons. The van der Waals surface area contributed by atoms with E-state index in [9.17, 15) is 14.7 Å². The van der Waals surface area contributed by atoms with Crippen molar-refractivity contribution in [2.45, 2.75) is 40.3 Å². The lowest BCUT2D eigenvalue weighted by molar-refractivity contribution is -0.152. The lowest BCUT2D eigenvalue weighted by Gasteiger charge is -2.30. The number of carboxylic acid groups (broad SMARTS) is 1. The molecule has 4 heteroatoms. The van der Waals surface area contributed by atoms with Gasteiger partial charge in [0.2, 0.25) is 5.91 Å². The van der Waals surface area contributed by atoms with Crippen LogP contribution in [0.5, 0.6) is 0 Å². The number of benzene rings is 1. The van der Waals surface area contributed by atoms with Gasteiger partial charge in [-0.2, -0.15) is 0 Å². The average molecular weight is 263 g/mol. The molecule has 0 bridgehead atoms. The maximum Gasteiger partial charge on any atom is 0.326 e. The van der Waals surface area contributed by atoms with Crippen LogP contribution in [-0.2, 0) is 16.1 Å². The van der Waals surface area contributed by atoms with Crippen molar-refractivity contribution in [1.82, 2.24) is 4.90 Å². The monoisotopic (exact) mass is 263 g/mol. The topological polar surface area (TPSA) is 57.6 Å². The minimum atomic E-state index is -0.961. The third kappa shape index (κ3) is 4.09. The van der Waals surface area contributed by atoms with Crippen molar-refractivity contribution in [1.29, 1.82) is 0 Å². The van der Waals surface area contributed by atoms with E-state index in [1.807, 2.05) is 45.0 Å². The molecule has 4 nitrogen and oxygen atoms in total. The number of carbonyl (C=O) groups excluding carboxylic acids is 1. The number of amides is 1. The SMILES string of the molecule is CC(=O)N(Cc1ccc(C)cc1)C(C(=O)O)C(C)C. The van der Waals surface area contributed by atoms with Gasteiger partial charge in [-0.1, -0.05) is 43.7 Å². The minimum Gasteiger partial charge on any atom is -0.480 e. The zero-order valence-electron chi connectivity index (χ0n) is 11.9. The number of aliphatic carboxylic acids is 1. The quantitative estimate of drug-likeness (QED) is 0.887. The number of rotatable bonds is 5. The summed E-state index contributed by atoms with van der Waals surface area (Å²) in [6.07, 6.45) is 0. The number of nitrogens with zero attached hydrogens (tertiary/aromatic N) is 1. The molecule has 0 aromatic heterocycles. The normalized spacial score (nSPS) is 12.3. The number of hydrogen-bond acceptors (Lipinski definition) is 2. The van der Waals surface area contributed by atoms with Gasteiger partial charge in [0.1, 0.15) is 6.04 Å². The maximum absolute atomic E-state index is 11.7. The Hall–Kier alpha value is -1.84. The van der Waals surface area contributed by atoms with Crippen LogP contribution in [0.25, 0.3) is 0 Å². The molecular weight excluding hydrogens is 242 g/mol. The van der Waals surface area contributed by atoms with E-state index in [0.29, 0.717) is 6.54 Å². The lowest BCUT2D eigenvalue weighted by atomic mass is 10.0. The summed E-state index contributed by atoms with van der Waals surface area (Å²) >= 11 is 0. The van der Waals surface area contributed by atoms with Crippen molar-refractivity contribution in [2.75, 3.05) is 0 Å². The molecule has 1 unspecified atom stereocenters. The molecule has 0 saturated heterocycles. The van der Waals surface area contributed by atoms with Crippen LogP contribution in [0.15, 0.2) is 24.3 Å². The van der Waals surface area contributed by atoms with Crippen LogP contribution in [0.3, 0.4) is 0 Å². The number of carbonyl (C=O) groups is 2. The molecule has 1 N–H and O–H groups in total. The van der Waals surface area contributed by atoms with Crippen molar-refractivity contribution in [2.24, 2.45) is 5.92 Å². The summed E-state index contributed by atoms with van der Waals surface area (Å²) < 4.78 is 0. The number of carboxylic acids is 1. The van der Waals surface area contributed by atoms with Crippen molar-refractivity contribution in [3.63, 3.8) is 0 Å². The fourth-order valence-corrected chi connectivity index (χ4v) is 2.07. The zero-order valence-corrected chi connectivity index (χ0v) is 11.9. The Balaban J connectivity index is 2.97. The molecule has 1 aromatic rings. The van der Waals surface area contributed by atoms with Gasteiger partial charge in [0, 0.05) is 13.5 Å². The van der Waals surface area contributed by atoms with Crippen molar-refractivity contribution >= 4 is 11.9 Å². The highest BCUT2D eigenvalue weighted by Gasteiger charge is 2.30. The molecule has 0 aliphatic carbocycles. The lowest BCUT2D eigenvalue weighted by Crippen LogP contribution is -2.46. The van der Waals surface area contributed by atoms with Crippen LogP contribution in [0, 0.1) is 12.8 Å². The Morgan fingerprint density at radius 2 is 1.74 bits per heavy atom. The smallest absolute Gasteiger partial charge is 0.326 e. The number of hydrogen-bond donors (Lipinski definition) is 1. The van der Waals surface area contributed by atoms with Crippen molar-refractivity contribution < 1.29 is 14.7 Å². The Kier molecular flexibility index (Phi) is 5.10. The van der Waals surface area contributed by atoms with E-state index in [4.69, 9.17) is 0 Å². The molecule has 1 aromatic carbocycles. The zero-order chi connectivity index (χ0) is 14.6. The van der Waals surface area contributed by atoms with Gasteiger partial charge < -0.3 is 10.0 Å². The van der Waals surface area contributed by atoms with Gasteiger partial charge in [0.05, 0.1) is 0 Å². The van der Waals surface area contributed by atoms with Gasteiger partial charge in [-0.3, -0.25) is 4.79 Å². The van der Waals surface area contributed by atoms with Crippen LogP contribution < -0.4 is 0 Å². The van der Waals surface area contributed by atoms with Gasteiger partial charge >= 0.3 is 5.97 Å². The van der Waals surface area contributed by atoms with E-state index in [1.165, 1.54) is 11.8 Å². The first kappa shape index (κ1) is 15.2. The Morgan fingerprint density at radius 3 is 2.11 bits per heavy atom. The van der Waals surface area contributed by atoms with Crippen molar-refractivity contribution in [3.05, 3.63) is 35.4 Å². The summed E-state index contributed by atoms with van der Waals surface area (Å²) in [7, 11) is 0. The van der Waals surface area contributed by atoms with Gasteiger partial charge in [0.25, 0.3) is 0 Å². The van der Waals surface area contributed by atoms with Gasteiger partial charge in [-0.25, -0.2) is 4.79 Å². The second kappa shape index (κ2) is 6.36. The molecule has 1 amide bonds. The molecule has 0 spiro atoms. The molecule has 0 saturated carbocycles. The van der Waals surface area contributed by atoms with E-state index < -0.39 is 12.0 Å². The second-order valence-corrected chi connectivity index (χ2v) is 5.16. The highest BCUT2D eigenvalue weighted by atomic mass is 16.4. The molecule has 19 heavy (non-hydrogen) atoms. The number of aryl methyl sites for hydroxylation is 1. The molecule has 0 radical (unpaired) electrons. The van der Waals surface area contributed by atoms with E-state index in [0.717, 1.165) is 11.1 Å². The van der Waals surface area contributed by atoms with E-state index in [-0.39, 0.29) is 11.8 Å². The predicted molar refractivity (Wildman–Crippen MR) is 73.7 cm³/mol. The fraction of sp³-hybridized carbons (Fsp3) is 0.467. The minimum absolute atomic E-state index is 0.133. The third-order valence-corrected chi connectivity index (χ3v) is 3.10. The average Bonchev–Trinajstić information content (AvgIpc) is 2.29. The van der Waals surface area contributed by atoms with Crippen LogP contribution in [0.1, 0.15) is 31.9 Å². The summed E-state index contributed by atoms with van der Waals surface area (Å²) in [6, 6.07) is 6.96. The van der Waals surface area contributed by atoms with E-state index in [1.54, 1.807) is 0 Å². The summed E-state index contributed by atoms with van der Waals surface area (Å²) in [5.74, 6) is -1.31. The Bertz CT molecular complexity index is 451. The largest absolute Gasteiger partial charge is 0.480 e. The molecule has 1 atom stereocenters. The summed E-state index contributed by atoms with van der Waals surface area (Å²) in [4.78, 5) is 24.5. The van der Waals surface area contributed by atoms with Crippen molar-refractivity contribution in [3.8, 4) is 0 Å². The van der Waals surface area contributed by atoms with E-state index >= 15 is 0 Å². The molecule has 0 heterocycles. The first-order chi connectivity index (χ1) is 8.82. The molecule has 0 aliphatic heterocycles. The maximum atomic E-state index is 11.7. The van der Waals surface area contributed by atoms with Crippen LogP contribution in [0.4, 0.5) is 0 Å². The fourth-order valence-electron chi connectivity index (χ4n) is 2.07. The molecular formula is C15H21NO3. The highest BCUT2D eigenvalue weighted by molar-refractivity contribution is 5.82. The highest BCUT2D eigenvalue weighted by Crippen LogP contribution is 2.16. The standard InChI is InChI=1S/C15H21NO3/c1-10(2)14(15(18)19)16(12(4)17)9-13-7-5-11(3)6-8-13/h5-8,10,14H,9H2,1-4H3,(H,18,19). The van der Waals surface area contributed by atoms with Gasteiger partial charge in [0.15, 0.2) is 0 Å². The van der Waals surface area contributed by atoms with Gasteiger partial charge in [-0.05, 0) is 18.4 Å². The first-order valence-electron chi connectivity index (χ1n) is 6.38. The Labute approximate surface area is 114 Å².